The molecule has 2 aromatic heterocycles. The molecule has 1 aromatic carbocycles. The Hall–Kier alpha value is -3.18. The molecular weight excluding hydrogens is 395 g/mol. The second kappa shape index (κ2) is 7.21. The fourth-order valence-electron chi connectivity index (χ4n) is 2.11. The number of rotatable bonds is 5. The summed E-state index contributed by atoms with van der Waals surface area (Å²) in [5.74, 6) is -2.10. The van der Waals surface area contributed by atoms with E-state index < -0.39 is 27.5 Å². The third kappa shape index (κ3) is 3.83. The highest BCUT2D eigenvalue weighted by Crippen LogP contribution is 2.34. The van der Waals surface area contributed by atoms with E-state index in [9.17, 15) is 22.4 Å². The van der Waals surface area contributed by atoms with Crippen molar-refractivity contribution in [2.75, 3.05) is 5.32 Å². The molecule has 0 aliphatic carbocycles. The predicted molar refractivity (Wildman–Crippen MR) is 94.7 cm³/mol. The number of thiophene rings is 1. The van der Waals surface area contributed by atoms with E-state index in [1.165, 1.54) is 18.5 Å². The summed E-state index contributed by atoms with van der Waals surface area (Å²) >= 11 is 0.666. The summed E-state index contributed by atoms with van der Waals surface area (Å²) in [4.78, 5) is 23.8. The average molecular weight is 406 g/mol. The van der Waals surface area contributed by atoms with Crippen molar-refractivity contribution in [3.63, 3.8) is 0 Å². The summed E-state index contributed by atoms with van der Waals surface area (Å²) in [6.07, 6.45) is 2.52. The van der Waals surface area contributed by atoms with Gasteiger partial charge in [0.1, 0.15) is 15.0 Å². The molecular formula is C16H11FN4O4S2. The standard InChI is InChI=1S/C16H11FN4O4S2/c17-10-1-3-11(4-2-10)27(24,25)13-7-12(14(18)22)16(26-13)21-15(23)9-5-6-19-20-8-9/h1-8H,(H2,18,22)(H,21,23). The number of carbonyl (C=O) groups excluding carboxylic acids is 2. The highest BCUT2D eigenvalue weighted by molar-refractivity contribution is 7.93. The van der Waals surface area contributed by atoms with Crippen LogP contribution in [0.1, 0.15) is 20.7 Å². The molecule has 2 heterocycles. The first kappa shape index (κ1) is 18.6. The van der Waals surface area contributed by atoms with Crippen LogP contribution in [0.15, 0.2) is 57.9 Å². The number of nitrogens with two attached hydrogens (primary N) is 1. The van der Waals surface area contributed by atoms with Gasteiger partial charge in [-0.2, -0.15) is 10.2 Å². The smallest absolute Gasteiger partial charge is 0.257 e. The Morgan fingerprint density at radius 2 is 1.81 bits per heavy atom. The molecule has 138 valence electrons. The van der Waals surface area contributed by atoms with Crippen molar-refractivity contribution in [3.05, 3.63) is 65.7 Å². The zero-order valence-electron chi connectivity index (χ0n) is 13.4. The molecule has 3 rings (SSSR count). The first-order chi connectivity index (χ1) is 12.8. The van der Waals surface area contributed by atoms with Gasteiger partial charge in [0.05, 0.1) is 28.4 Å². The predicted octanol–water partition coefficient (Wildman–Crippen LogP) is 1.86. The maximum atomic E-state index is 13.0. The van der Waals surface area contributed by atoms with E-state index in [4.69, 9.17) is 5.73 Å². The lowest BCUT2D eigenvalue weighted by Gasteiger charge is -2.03. The van der Waals surface area contributed by atoms with Crippen LogP contribution in [0.4, 0.5) is 9.39 Å². The molecule has 0 spiro atoms. The number of amides is 2. The number of hydrogen-bond donors (Lipinski definition) is 2. The first-order valence-electron chi connectivity index (χ1n) is 7.31. The molecule has 2 amide bonds. The zero-order chi connectivity index (χ0) is 19.6. The highest BCUT2D eigenvalue weighted by Gasteiger charge is 2.25. The fraction of sp³-hybridized carbons (Fsp3) is 0. The summed E-state index contributed by atoms with van der Waals surface area (Å²) in [5.41, 5.74) is 5.30. The molecule has 0 fully saturated rings. The number of primary amides is 1. The number of benzene rings is 1. The van der Waals surface area contributed by atoms with Crippen molar-refractivity contribution in [2.45, 2.75) is 9.10 Å². The van der Waals surface area contributed by atoms with Crippen molar-refractivity contribution in [2.24, 2.45) is 5.73 Å². The molecule has 0 saturated carbocycles. The number of aromatic nitrogens is 2. The molecule has 8 nitrogen and oxygen atoms in total. The Balaban J connectivity index is 1.99. The minimum atomic E-state index is -4.02. The van der Waals surface area contributed by atoms with Gasteiger partial charge in [0.15, 0.2) is 0 Å². The number of halogens is 1. The van der Waals surface area contributed by atoms with Crippen LogP contribution in [0.25, 0.3) is 0 Å². The molecule has 27 heavy (non-hydrogen) atoms. The van der Waals surface area contributed by atoms with Crippen LogP contribution < -0.4 is 11.1 Å². The van der Waals surface area contributed by atoms with E-state index >= 15 is 0 Å². The monoisotopic (exact) mass is 406 g/mol. The van der Waals surface area contributed by atoms with E-state index in [0.29, 0.717) is 11.3 Å². The summed E-state index contributed by atoms with van der Waals surface area (Å²) in [5, 5.41) is 9.54. The number of nitrogens with zero attached hydrogens (tertiary/aromatic N) is 2. The van der Waals surface area contributed by atoms with Crippen LogP contribution in [0.3, 0.4) is 0 Å². The lowest BCUT2D eigenvalue weighted by Crippen LogP contribution is -2.16. The molecule has 0 radical (unpaired) electrons. The summed E-state index contributed by atoms with van der Waals surface area (Å²) in [7, 11) is -4.02. The van der Waals surface area contributed by atoms with E-state index in [-0.39, 0.29) is 25.2 Å². The van der Waals surface area contributed by atoms with Crippen molar-refractivity contribution in [3.8, 4) is 0 Å². The number of anilines is 1. The van der Waals surface area contributed by atoms with Crippen LogP contribution in [0.5, 0.6) is 0 Å². The maximum absolute atomic E-state index is 13.0. The van der Waals surface area contributed by atoms with Gasteiger partial charge in [0, 0.05) is 0 Å². The van der Waals surface area contributed by atoms with Crippen molar-refractivity contribution < 1.29 is 22.4 Å². The lowest BCUT2D eigenvalue weighted by atomic mass is 10.2. The van der Waals surface area contributed by atoms with Gasteiger partial charge < -0.3 is 11.1 Å². The summed E-state index contributed by atoms with van der Waals surface area (Å²) in [6, 6.07) is 6.70. The van der Waals surface area contributed by atoms with Gasteiger partial charge in [-0.1, -0.05) is 0 Å². The average Bonchev–Trinajstić information content (AvgIpc) is 3.08. The molecule has 3 aromatic rings. The highest BCUT2D eigenvalue weighted by atomic mass is 32.2. The fourth-order valence-corrected chi connectivity index (χ4v) is 4.88. The van der Waals surface area contributed by atoms with Crippen LogP contribution >= 0.6 is 11.3 Å². The van der Waals surface area contributed by atoms with E-state index in [1.807, 2.05) is 0 Å². The Morgan fingerprint density at radius 1 is 1.11 bits per heavy atom. The molecule has 0 saturated heterocycles. The van der Waals surface area contributed by atoms with Crippen molar-refractivity contribution in [1.29, 1.82) is 0 Å². The molecule has 0 unspecified atom stereocenters. The first-order valence-corrected chi connectivity index (χ1v) is 9.61. The molecule has 3 N–H and O–H groups in total. The second-order valence-electron chi connectivity index (χ2n) is 5.22. The molecule has 0 atom stereocenters. The Bertz CT molecular complexity index is 1110. The second-order valence-corrected chi connectivity index (χ2v) is 8.44. The van der Waals surface area contributed by atoms with Gasteiger partial charge >= 0.3 is 0 Å². The third-order valence-electron chi connectivity index (χ3n) is 3.44. The van der Waals surface area contributed by atoms with Gasteiger partial charge in [-0.3, -0.25) is 9.59 Å². The number of sulfone groups is 1. The minimum absolute atomic E-state index is 0.0231. The maximum Gasteiger partial charge on any atom is 0.257 e. The van der Waals surface area contributed by atoms with Gasteiger partial charge in [-0.05, 0) is 36.4 Å². The van der Waals surface area contributed by atoms with Gasteiger partial charge in [-0.25, -0.2) is 12.8 Å². The lowest BCUT2D eigenvalue weighted by molar-refractivity contribution is 0.100. The number of hydrogen-bond acceptors (Lipinski definition) is 7. The quantitative estimate of drug-likeness (QED) is 0.622. The van der Waals surface area contributed by atoms with Gasteiger partial charge in [0.25, 0.3) is 11.8 Å². The molecule has 0 bridgehead atoms. The Morgan fingerprint density at radius 3 is 2.41 bits per heavy atom. The van der Waals surface area contributed by atoms with Crippen molar-refractivity contribution >= 4 is 38.0 Å². The number of carbonyl (C=O) groups is 2. The van der Waals surface area contributed by atoms with Gasteiger partial charge in [-0.15, -0.1) is 11.3 Å². The van der Waals surface area contributed by atoms with E-state index in [1.54, 1.807) is 0 Å². The molecule has 11 heteroatoms. The molecule has 0 aliphatic rings. The zero-order valence-corrected chi connectivity index (χ0v) is 15.1. The largest absolute Gasteiger partial charge is 0.366 e. The van der Waals surface area contributed by atoms with Crippen molar-refractivity contribution in [1.82, 2.24) is 10.2 Å². The summed E-state index contributed by atoms with van der Waals surface area (Å²) in [6.45, 7) is 0. The Labute approximate surface area is 156 Å². The van der Waals surface area contributed by atoms with E-state index in [2.05, 4.69) is 15.5 Å². The SMILES string of the molecule is NC(=O)c1cc(S(=O)(=O)c2ccc(F)cc2)sc1NC(=O)c1ccnnc1. The minimum Gasteiger partial charge on any atom is -0.366 e. The van der Waals surface area contributed by atoms with Gasteiger partial charge in [0.2, 0.25) is 9.84 Å². The normalized spacial score (nSPS) is 11.1. The van der Waals surface area contributed by atoms with Crippen LogP contribution in [-0.2, 0) is 9.84 Å². The Kier molecular flexibility index (Phi) is 4.97. The van der Waals surface area contributed by atoms with Crippen LogP contribution in [0, 0.1) is 5.82 Å². The third-order valence-corrected chi connectivity index (χ3v) is 6.73. The van der Waals surface area contributed by atoms with Crippen LogP contribution in [-0.4, -0.2) is 30.4 Å². The molecule has 0 aliphatic heterocycles. The number of nitrogens with one attached hydrogen (secondary N) is 1. The van der Waals surface area contributed by atoms with Crippen LogP contribution in [0.2, 0.25) is 0 Å². The topological polar surface area (TPSA) is 132 Å². The summed E-state index contributed by atoms with van der Waals surface area (Å²) < 4.78 is 38.2. The van der Waals surface area contributed by atoms with E-state index in [0.717, 1.165) is 30.3 Å².